The normalized spacial score (nSPS) is 25.4. The van der Waals surface area contributed by atoms with E-state index in [1.807, 2.05) is 24.3 Å². The van der Waals surface area contributed by atoms with E-state index in [2.05, 4.69) is 84.2 Å². The summed E-state index contributed by atoms with van der Waals surface area (Å²) in [5, 5.41) is 16.6. The summed E-state index contributed by atoms with van der Waals surface area (Å²) in [5.74, 6) is 1.57. The fourth-order valence-corrected chi connectivity index (χ4v) is 7.15. The van der Waals surface area contributed by atoms with Crippen molar-refractivity contribution in [3.8, 4) is 0 Å². The number of H-pyrrole nitrogens is 1. The maximum absolute atomic E-state index is 14.6. The number of carbonyl (C=O) groups excluding carboxylic acids is 2. The van der Waals surface area contributed by atoms with Gasteiger partial charge in [-0.25, -0.2) is 4.99 Å². The maximum atomic E-state index is 14.6. The van der Waals surface area contributed by atoms with Gasteiger partial charge in [-0.2, -0.15) is 5.21 Å². The van der Waals surface area contributed by atoms with Crippen LogP contribution in [0.25, 0.3) is 0 Å². The van der Waals surface area contributed by atoms with Crippen molar-refractivity contribution in [3.63, 3.8) is 0 Å². The largest absolute Gasteiger partial charge is 0.350 e. The van der Waals surface area contributed by atoms with Crippen LogP contribution in [0.3, 0.4) is 0 Å². The number of hydrogen-bond acceptors (Lipinski definition) is 7. The first-order valence-corrected chi connectivity index (χ1v) is 16.1. The van der Waals surface area contributed by atoms with E-state index in [1.54, 1.807) is 0 Å². The highest BCUT2D eigenvalue weighted by Crippen LogP contribution is 2.50. The first kappa shape index (κ1) is 31.1. The Labute approximate surface area is 256 Å². The molecule has 5 rings (SSSR count). The van der Waals surface area contributed by atoms with Gasteiger partial charge in [-0.15, -0.1) is 10.2 Å². The van der Waals surface area contributed by atoms with Crippen molar-refractivity contribution in [2.45, 2.75) is 124 Å². The van der Waals surface area contributed by atoms with E-state index in [1.165, 1.54) is 0 Å². The number of carbonyl (C=O) groups is 2. The lowest BCUT2D eigenvalue weighted by molar-refractivity contribution is -0.134. The molecule has 3 aliphatic rings. The molecule has 1 saturated heterocycles. The SMILES string of the molecule is CC1CCCN1C1=NC2(CCC(C(C)(C)C)CC2)N([C@H](CCC(C)(C)C)c2ccc(C(=O)NCc3nn[nH]n3)cc2)C1=O. The topological polar surface area (TPSA) is 119 Å². The van der Waals surface area contributed by atoms with Gasteiger partial charge in [0.25, 0.3) is 11.8 Å². The van der Waals surface area contributed by atoms with Crippen molar-refractivity contribution in [2.24, 2.45) is 21.7 Å². The zero-order valence-electron chi connectivity index (χ0n) is 27.1. The number of rotatable bonds is 7. The first-order chi connectivity index (χ1) is 20.3. The number of likely N-dealkylation sites (tertiary alicyclic amines) is 1. The van der Waals surface area contributed by atoms with Crippen LogP contribution in [0.4, 0.5) is 0 Å². The van der Waals surface area contributed by atoms with Crippen molar-refractivity contribution >= 4 is 17.6 Å². The molecular weight excluding hydrogens is 540 g/mol. The Kier molecular flexibility index (Phi) is 8.69. The predicted octanol–water partition coefficient (Wildman–Crippen LogP) is 5.65. The zero-order valence-corrected chi connectivity index (χ0v) is 27.1. The molecule has 0 radical (unpaired) electrons. The smallest absolute Gasteiger partial charge is 0.291 e. The average Bonchev–Trinajstić information content (AvgIpc) is 3.68. The van der Waals surface area contributed by atoms with Crippen molar-refractivity contribution in [1.82, 2.24) is 35.7 Å². The number of amidine groups is 1. The van der Waals surface area contributed by atoms with E-state index in [-0.39, 0.29) is 35.2 Å². The molecule has 2 aromatic rings. The summed E-state index contributed by atoms with van der Waals surface area (Å²) < 4.78 is 0. The summed E-state index contributed by atoms with van der Waals surface area (Å²) in [7, 11) is 0. The van der Waals surface area contributed by atoms with Crippen molar-refractivity contribution in [1.29, 1.82) is 0 Å². The molecule has 3 heterocycles. The number of hydrogen-bond donors (Lipinski definition) is 2. The van der Waals surface area contributed by atoms with Crippen LogP contribution in [0, 0.1) is 16.7 Å². The second kappa shape index (κ2) is 12.0. The van der Waals surface area contributed by atoms with Gasteiger partial charge in [0.05, 0.1) is 12.6 Å². The molecule has 2 aliphatic heterocycles. The Bertz CT molecular complexity index is 1300. The number of nitrogens with zero attached hydrogens (tertiary/aromatic N) is 6. The van der Waals surface area contributed by atoms with E-state index < -0.39 is 5.66 Å². The summed E-state index contributed by atoms with van der Waals surface area (Å²) in [4.78, 5) is 37.3. The Morgan fingerprint density at radius 2 is 1.79 bits per heavy atom. The minimum atomic E-state index is -0.528. The summed E-state index contributed by atoms with van der Waals surface area (Å²) in [5.41, 5.74) is 1.42. The molecule has 1 aromatic carbocycles. The standard InChI is InChI=1S/C33H50N8O2/c1-22-9-8-20-40(22)28-30(43)41(33(35-28)18-14-25(15-19-33)32(5,6)7)26(16-17-31(2,3)4)23-10-12-24(13-11-23)29(42)34-21-27-36-38-39-37-27/h10-13,22,25-26H,8-9,14-21H2,1-7H3,(H,34,42)(H,36,37,38,39)/t22?,25?,26-,33?/m1/s1. The van der Waals surface area contributed by atoms with Crippen molar-refractivity contribution in [3.05, 3.63) is 41.2 Å². The number of amides is 2. The maximum Gasteiger partial charge on any atom is 0.291 e. The van der Waals surface area contributed by atoms with Crippen LogP contribution in [0.1, 0.15) is 128 Å². The Hall–Kier alpha value is -3.30. The minimum Gasteiger partial charge on any atom is -0.350 e. The van der Waals surface area contributed by atoms with Gasteiger partial charge >= 0.3 is 0 Å². The molecule has 1 spiro atoms. The van der Waals surface area contributed by atoms with Crippen LogP contribution >= 0.6 is 0 Å². The third-order valence-corrected chi connectivity index (χ3v) is 9.84. The number of tetrazole rings is 1. The molecule has 10 heteroatoms. The zero-order chi connectivity index (χ0) is 31.0. The molecule has 2 N–H and O–H groups in total. The van der Waals surface area contributed by atoms with E-state index in [0.29, 0.717) is 29.2 Å². The molecular formula is C33H50N8O2. The van der Waals surface area contributed by atoms with Crippen molar-refractivity contribution < 1.29 is 9.59 Å². The van der Waals surface area contributed by atoms with Crippen LogP contribution in [-0.4, -0.2) is 66.3 Å². The van der Waals surface area contributed by atoms with Crippen LogP contribution in [0.15, 0.2) is 29.3 Å². The van der Waals surface area contributed by atoms with E-state index in [4.69, 9.17) is 4.99 Å². The van der Waals surface area contributed by atoms with Crippen LogP contribution < -0.4 is 5.32 Å². The van der Waals surface area contributed by atoms with Crippen LogP contribution in [-0.2, 0) is 11.3 Å². The van der Waals surface area contributed by atoms with Crippen LogP contribution in [0.2, 0.25) is 0 Å². The van der Waals surface area contributed by atoms with Crippen LogP contribution in [0.5, 0.6) is 0 Å². The van der Waals surface area contributed by atoms with E-state index in [9.17, 15) is 9.59 Å². The van der Waals surface area contributed by atoms with Gasteiger partial charge in [0, 0.05) is 18.2 Å². The second-order valence-corrected chi connectivity index (χ2v) is 15.2. The number of aliphatic imine (C=N–C) groups is 1. The number of benzene rings is 1. The third-order valence-electron chi connectivity index (χ3n) is 9.84. The second-order valence-electron chi connectivity index (χ2n) is 15.2. The van der Waals surface area contributed by atoms with Gasteiger partial charge < -0.3 is 15.1 Å². The first-order valence-electron chi connectivity index (χ1n) is 16.1. The molecule has 1 aliphatic carbocycles. The van der Waals surface area contributed by atoms with Crippen molar-refractivity contribution in [2.75, 3.05) is 6.54 Å². The molecule has 1 saturated carbocycles. The van der Waals surface area contributed by atoms with Gasteiger partial charge in [-0.3, -0.25) is 9.59 Å². The third kappa shape index (κ3) is 6.78. The Morgan fingerprint density at radius 1 is 1.09 bits per heavy atom. The lowest BCUT2D eigenvalue weighted by Crippen LogP contribution is -2.52. The van der Waals surface area contributed by atoms with Gasteiger partial charge in [-0.1, -0.05) is 58.9 Å². The fourth-order valence-electron chi connectivity index (χ4n) is 7.15. The van der Waals surface area contributed by atoms with Gasteiger partial charge in [0.2, 0.25) is 0 Å². The quantitative estimate of drug-likeness (QED) is 0.430. The number of nitrogens with one attached hydrogen (secondary N) is 2. The molecule has 10 nitrogen and oxygen atoms in total. The summed E-state index contributed by atoms with van der Waals surface area (Å²) in [6.07, 6.45) is 7.87. The molecule has 1 unspecified atom stereocenters. The highest BCUT2D eigenvalue weighted by atomic mass is 16.2. The fraction of sp³-hybridized carbons (Fsp3) is 0.697. The molecule has 2 atom stereocenters. The van der Waals surface area contributed by atoms with Gasteiger partial charge in [0.15, 0.2) is 11.7 Å². The summed E-state index contributed by atoms with van der Waals surface area (Å²) in [6, 6.07) is 7.96. The molecule has 0 bridgehead atoms. The molecule has 1 aromatic heterocycles. The van der Waals surface area contributed by atoms with Gasteiger partial charge in [0.1, 0.15) is 5.66 Å². The van der Waals surface area contributed by atoms with E-state index >= 15 is 0 Å². The predicted molar refractivity (Wildman–Crippen MR) is 167 cm³/mol. The van der Waals surface area contributed by atoms with E-state index in [0.717, 1.165) is 63.5 Å². The Balaban J connectivity index is 1.46. The average molecular weight is 591 g/mol. The lowest BCUT2D eigenvalue weighted by atomic mass is 9.69. The summed E-state index contributed by atoms with van der Waals surface area (Å²) in [6.45, 7) is 17.1. The number of aromatic amines is 1. The molecule has 234 valence electrons. The highest BCUT2D eigenvalue weighted by molar-refractivity contribution is 6.39. The monoisotopic (exact) mass is 590 g/mol. The molecule has 2 fully saturated rings. The van der Waals surface area contributed by atoms with Gasteiger partial charge in [-0.05, 0) is 92.7 Å². The molecule has 2 amide bonds. The Morgan fingerprint density at radius 3 is 2.35 bits per heavy atom. The number of aromatic nitrogens is 4. The summed E-state index contributed by atoms with van der Waals surface area (Å²) >= 11 is 0. The minimum absolute atomic E-state index is 0.0730. The highest BCUT2D eigenvalue weighted by Gasteiger charge is 2.54. The molecule has 43 heavy (non-hydrogen) atoms. The lowest BCUT2D eigenvalue weighted by Gasteiger charge is -2.47.